The second-order valence-electron chi connectivity index (χ2n) is 3.24. The van der Waals surface area contributed by atoms with Gasteiger partial charge in [-0.25, -0.2) is 4.79 Å². The molecule has 0 aromatic heterocycles. The lowest BCUT2D eigenvalue weighted by atomic mass is 9.98. The molecule has 0 bridgehead atoms. The highest BCUT2D eigenvalue weighted by molar-refractivity contribution is 6.26. The Kier molecular flexibility index (Phi) is 5.49. The molecule has 0 radical (unpaired) electrons. The van der Waals surface area contributed by atoms with E-state index in [0.717, 1.165) is 0 Å². The molecule has 0 aromatic rings. The molecule has 0 aromatic carbocycles. The smallest absolute Gasteiger partial charge is 0.339 e. The fraction of sp³-hybridized carbons (Fsp3) is 0.750. The van der Waals surface area contributed by atoms with Gasteiger partial charge in [0.05, 0.1) is 11.3 Å². The van der Waals surface area contributed by atoms with Crippen LogP contribution < -0.4 is 5.48 Å². The van der Waals surface area contributed by atoms with Gasteiger partial charge in [0.1, 0.15) is 5.88 Å². The number of nitrogens with zero attached hydrogens (tertiary/aromatic N) is 1. The van der Waals surface area contributed by atoms with Crippen molar-refractivity contribution in [2.24, 2.45) is 5.16 Å². The van der Waals surface area contributed by atoms with Crippen LogP contribution in [0.25, 0.3) is 0 Å². The first-order valence-electron chi connectivity index (χ1n) is 4.22. The molecule has 6 heteroatoms. The molecule has 5 nitrogen and oxygen atoms in total. The fourth-order valence-electron chi connectivity index (χ4n) is 0.908. The van der Waals surface area contributed by atoms with Crippen molar-refractivity contribution in [2.75, 3.05) is 5.88 Å². The molecule has 0 saturated heterocycles. The van der Waals surface area contributed by atoms with Crippen molar-refractivity contribution < 1.29 is 14.8 Å². The molecule has 0 aliphatic carbocycles. The normalized spacial score (nSPS) is 12.7. The number of rotatable bonds is 5. The molecule has 0 rings (SSSR count). The van der Waals surface area contributed by atoms with Gasteiger partial charge >= 0.3 is 5.97 Å². The van der Waals surface area contributed by atoms with Crippen molar-refractivity contribution in [3.63, 3.8) is 0 Å². The number of alkyl halides is 1. The first-order chi connectivity index (χ1) is 6.47. The van der Waals surface area contributed by atoms with E-state index in [0.29, 0.717) is 12.1 Å². The van der Waals surface area contributed by atoms with Crippen LogP contribution in [0, 0.1) is 0 Å². The molecule has 2 N–H and O–H groups in total. The molecule has 0 spiro atoms. The van der Waals surface area contributed by atoms with E-state index in [1.165, 1.54) is 0 Å². The van der Waals surface area contributed by atoms with E-state index in [1.807, 2.05) is 6.92 Å². The van der Waals surface area contributed by atoms with E-state index < -0.39 is 11.5 Å². The molecule has 0 unspecified atom stereocenters. The maximum Gasteiger partial charge on any atom is 0.339 e. The van der Waals surface area contributed by atoms with Crippen LogP contribution in [0.5, 0.6) is 0 Å². The largest absolute Gasteiger partial charge is 0.411 e. The summed E-state index contributed by atoms with van der Waals surface area (Å²) in [6.45, 7) is 5.29. The Hall–Kier alpha value is -0.810. The molecule has 0 heterocycles. The van der Waals surface area contributed by atoms with Crippen molar-refractivity contribution in [2.45, 2.75) is 32.7 Å². The van der Waals surface area contributed by atoms with Crippen LogP contribution in [0.2, 0.25) is 0 Å². The van der Waals surface area contributed by atoms with Crippen molar-refractivity contribution in [3.8, 4) is 0 Å². The summed E-state index contributed by atoms with van der Waals surface area (Å²) < 4.78 is 0. The predicted molar refractivity (Wildman–Crippen MR) is 53.5 cm³/mol. The first-order valence-corrected chi connectivity index (χ1v) is 4.75. The average Bonchev–Trinajstić information content (AvgIpc) is 2.15. The number of hydrogen-bond donors (Lipinski definition) is 2. The SMILES string of the molecule is CCC(=NO)C(C)(C)NOC(=O)CCl. The highest BCUT2D eigenvalue weighted by atomic mass is 35.5. The first kappa shape index (κ1) is 13.2. The summed E-state index contributed by atoms with van der Waals surface area (Å²) in [5, 5.41) is 11.8. The minimum Gasteiger partial charge on any atom is -0.411 e. The van der Waals surface area contributed by atoms with Crippen LogP contribution in [0.1, 0.15) is 27.2 Å². The molecule has 0 amide bonds. The third-order valence-electron chi connectivity index (χ3n) is 1.71. The highest BCUT2D eigenvalue weighted by Crippen LogP contribution is 2.08. The third kappa shape index (κ3) is 3.93. The summed E-state index contributed by atoms with van der Waals surface area (Å²) in [6, 6.07) is 0. The lowest BCUT2D eigenvalue weighted by Crippen LogP contribution is -2.47. The van der Waals surface area contributed by atoms with Gasteiger partial charge in [0.2, 0.25) is 0 Å². The van der Waals surface area contributed by atoms with Gasteiger partial charge in [-0.05, 0) is 20.3 Å². The van der Waals surface area contributed by atoms with E-state index in [2.05, 4.69) is 15.5 Å². The lowest BCUT2D eigenvalue weighted by molar-refractivity contribution is -0.150. The molecule has 0 aliphatic rings. The molecule has 0 fully saturated rings. The van der Waals surface area contributed by atoms with Crippen molar-refractivity contribution >= 4 is 23.3 Å². The fourth-order valence-corrected chi connectivity index (χ4v) is 0.963. The predicted octanol–water partition coefficient (Wildman–Crippen LogP) is 1.29. The van der Waals surface area contributed by atoms with Crippen LogP contribution in [-0.4, -0.2) is 28.3 Å². The zero-order valence-electron chi connectivity index (χ0n) is 8.50. The zero-order valence-corrected chi connectivity index (χ0v) is 9.26. The number of hydroxylamine groups is 1. The summed E-state index contributed by atoms with van der Waals surface area (Å²) in [5.41, 5.74) is 2.27. The van der Waals surface area contributed by atoms with Gasteiger partial charge in [0, 0.05) is 0 Å². The van der Waals surface area contributed by atoms with Gasteiger partial charge in [-0.2, -0.15) is 0 Å². The molecule has 0 aliphatic heterocycles. The Morgan fingerprint density at radius 1 is 1.64 bits per heavy atom. The Morgan fingerprint density at radius 2 is 2.21 bits per heavy atom. The summed E-state index contributed by atoms with van der Waals surface area (Å²) in [5.74, 6) is -0.797. The maximum absolute atomic E-state index is 10.7. The molecule has 0 saturated carbocycles. The monoisotopic (exact) mass is 222 g/mol. The summed E-state index contributed by atoms with van der Waals surface area (Å²) in [7, 11) is 0. The number of oxime groups is 1. The van der Waals surface area contributed by atoms with E-state index in [9.17, 15) is 4.79 Å². The summed E-state index contributed by atoms with van der Waals surface area (Å²) >= 11 is 5.23. The summed E-state index contributed by atoms with van der Waals surface area (Å²) in [4.78, 5) is 15.4. The Bertz CT molecular complexity index is 229. The molecular formula is C8H15ClN2O3. The van der Waals surface area contributed by atoms with E-state index in [-0.39, 0.29) is 5.88 Å². The van der Waals surface area contributed by atoms with E-state index >= 15 is 0 Å². The second-order valence-corrected chi connectivity index (χ2v) is 3.50. The minimum atomic E-state index is -0.703. The quantitative estimate of drug-likeness (QED) is 0.318. The second kappa shape index (κ2) is 5.82. The zero-order chi connectivity index (χ0) is 11.2. The average molecular weight is 223 g/mol. The van der Waals surface area contributed by atoms with Crippen molar-refractivity contribution in [3.05, 3.63) is 0 Å². The van der Waals surface area contributed by atoms with Gasteiger partial charge in [-0.3, -0.25) is 0 Å². The molecular weight excluding hydrogens is 208 g/mol. The standard InChI is InChI=1S/C8H15ClN2O3/c1-4-6(10-13)8(2,3)11-14-7(12)5-9/h11,13H,4-5H2,1-3H3. The number of carbonyl (C=O) groups excluding carboxylic acids is 1. The summed E-state index contributed by atoms with van der Waals surface area (Å²) in [6.07, 6.45) is 0.551. The van der Waals surface area contributed by atoms with Gasteiger partial charge in [0.25, 0.3) is 0 Å². The maximum atomic E-state index is 10.7. The van der Waals surface area contributed by atoms with Crippen LogP contribution in [0.3, 0.4) is 0 Å². The van der Waals surface area contributed by atoms with Gasteiger partial charge in [-0.15, -0.1) is 17.1 Å². The topological polar surface area (TPSA) is 70.9 Å². The Morgan fingerprint density at radius 3 is 2.57 bits per heavy atom. The van der Waals surface area contributed by atoms with Gasteiger partial charge in [-0.1, -0.05) is 12.1 Å². The lowest BCUT2D eigenvalue weighted by Gasteiger charge is -2.24. The number of carbonyl (C=O) groups is 1. The number of nitrogens with one attached hydrogen (secondary N) is 1. The van der Waals surface area contributed by atoms with Gasteiger partial charge < -0.3 is 10.0 Å². The highest BCUT2D eigenvalue weighted by Gasteiger charge is 2.25. The van der Waals surface area contributed by atoms with Crippen LogP contribution in [-0.2, 0) is 9.63 Å². The number of hydrogen-bond acceptors (Lipinski definition) is 5. The van der Waals surface area contributed by atoms with Gasteiger partial charge in [0.15, 0.2) is 0 Å². The Labute approximate surface area is 88.0 Å². The van der Waals surface area contributed by atoms with Crippen LogP contribution in [0.15, 0.2) is 5.16 Å². The third-order valence-corrected chi connectivity index (χ3v) is 1.92. The number of halogens is 1. The molecule has 14 heavy (non-hydrogen) atoms. The molecule has 0 atom stereocenters. The molecule has 82 valence electrons. The van der Waals surface area contributed by atoms with Crippen molar-refractivity contribution in [1.29, 1.82) is 0 Å². The van der Waals surface area contributed by atoms with E-state index in [1.54, 1.807) is 13.8 Å². The minimum absolute atomic E-state index is 0.221. The van der Waals surface area contributed by atoms with Crippen LogP contribution >= 0.6 is 11.6 Å². The van der Waals surface area contributed by atoms with Crippen LogP contribution in [0.4, 0.5) is 0 Å². The Balaban J connectivity index is 4.26. The van der Waals surface area contributed by atoms with E-state index in [4.69, 9.17) is 16.8 Å². The van der Waals surface area contributed by atoms with Crippen molar-refractivity contribution in [1.82, 2.24) is 5.48 Å².